The molecule has 2 fully saturated rings. The first-order valence-electron chi connectivity index (χ1n) is 13.6. The van der Waals surface area contributed by atoms with E-state index in [9.17, 15) is 0 Å². The molecule has 0 amide bonds. The third kappa shape index (κ3) is 7.90. The monoisotopic (exact) mass is 537 g/mol. The Morgan fingerprint density at radius 3 is 1.49 bits per heavy atom. The molecule has 6 rings (SSSR count). The summed E-state index contributed by atoms with van der Waals surface area (Å²) in [7, 11) is 0. The van der Waals surface area contributed by atoms with Crippen molar-refractivity contribution in [1.29, 1.82) is 0 Å². The van der Waals surface area contributed by atoms with Gasteiger partial charge in [-0.2, -0.15) is 0 Å². The molecule has 2 aromatic heterocycles. The van der Waals surface area contributed by atoms with Gasteiger partial charge in [-0.15, -0.1) is 0 Å². The predicted molar refractivity (Wildman–Crippen MR) is 146 cm³/mol. The Kier molecular flexibility index (Phi) is 10.7. The topological polar surface area (TPSA) is 54.8 Å². The predicted octanol–water partition coefficient (Wildman–Crippen LogP) is 8.00. The summed E-state index contributed by atoms with van der Waals surface area (Å²) >= 11 is 17.5. The van der Waals surface area contributed by atoms with Crippen molar-refractivity contribution in [2.24, 2.45) is 0 Å². The van der Waals surface area contributed by atoms with Crippen LogP contribution in [0.4, 0.5) is 5.82 Å². The summed E-state index contributed by atoms with van der Waals surface area (Å²) in [5.74, 6) is 1.12. The lowest BCUT2D eigenvalue weighted by Gasteiger charge is -2.23. The van der Waals surface area contributed by atoms with Gasteiger partial charge in [-0.25, -0.2) is 19.9 Å². The molecule has 5 nitrogen and oxygen atoms in total. The maximum atomic E-state index is 6.04. The molecule has 3 aliphatic carbocycles. The molecular weight excluding hydrogens is 501 g/mol. The average molecular weight is 539 g/mol. The Morgan fingerprint density at radius 2 is 0.914 bits per heavy atom. The van der Waals surface area contributed by atoms with Gasteiger partial charge in [0.1, 0.15) is 11.0 Å². The molecule has 8 heteroatoms. The number of hydrogen-bond acceptors (Lipinski definition) is 5. The molecule has 0 N–H and O–H groups in total. The van der Waals surface area contributed by atoms with Crippen molar-refractivity contribution in [3.05, 3.63) is 38.2 Å². The van der Waals surface area contributed by atoms with Gasteiger partial charge in [-0.05, 0) is 74.6 Å². The number of fused-ring (bicyclic) bond motifs is 2. The molecule has 192 valence electrons. The van der Waals surface area contributed by atoms with E-state index in [1.54, 1.807) is 0 Å². The summed E-state index contributed by atoms with van der Waals surface area (Å²) in [5, 5.41) is 1.21. The zero-order valence-corrected chi connectivity index (χ0v) is 23.1. The van der Waals surface area contributed by atoms with Crippen LogP contribution in [0.5, 0.6) is 0 Å². The standard InChI is InChI=1S/C13H18ClN3.C7H6Cl2N2.C7H14/c14-13-15-11-7-5-6-10(11)12(16-13)17-8-3-1-2-4-9-17;8-6-4-2-1-3-5(4)10-7(9)11-6;1-2-4-6-7-5-3-1/h1-9H2;1-3H2;1-7H2. The van der Waals surface area contributed by atoms with Crippen molar-refractivity contribution < 1.29 is 0 Å². The number of nitrogens with zero attached hydrogens (tertiary/aromatic N) is 5. The Balaban J connectivity index is 0.000000137. The van der Waals surface area contributed by atoms with Crippen LogP contribution >= 0.6 is 34.8 Å². The van der Waals surface area contributed by atoms with Crippen molar-refractivity contribution in [1.82, 2.24) is 19.9 Å². The Bertz CT molecular complexity index is 941. The van der Waals surface area contributed by atoms with E-state index < -0.39 is 0 Å². The smallest absolute Gasteiger partial charge is 0.224 e. The van der Waals surface area contributed by atoms with Gasteiger partial charge in [0.25, 0.3) is 0 Å². The SMILES string of the molecule is C1CCCCCC1.Clc1nc(Cl)c2c(n1)CCC2.Clc1nc2c(c(N3CCCCCC3)n1)CCC2. The zero-order valence-electron chi connectivity index (χ0n) is 20.8. The van der Waals surface area contributed by atoms with Gasteiger partial charge in [0, 0.05) is 24.2 Å². The summed E-state index contributed by atoms with van der Waals surface area (Å²) in [5.41, 5.74) is 4.65. The van der Waals surface area contributed by atoms with Gasteiger partial charge >= 0.3 is 0 Å². The molecule has 35 heavy (non-hydrogen) atoms. The van der Waals surface area contributed by atoms with Crippen LogP contribution in [0.25, 0.3) is 0 Å². The minimum atomic E-state index is 0.260. The highest BCUT2D eigenvalue weighted by atomic mass is 35.5. The van der Waals surface area contributed by atoms with E-state index in [0.29, 0.717) is 10.4 Å². The fraction of sp³-hybridized carbons (Fsp3) is 0.704. The van der Waals surface area contributed by atoms with Gasteiger partial charge < -0.3 is 4.90 Å². The lowest BCUT2D eigenvalue weighted by Crippen LogP contribution is -2.26. The molecule has 1 aliphatic heterocycles. The lowest BCUT2D eigenvalue weighted by atomic mass is 10.2. The summed E-state index contributed by atoms with van der Waals surface area (Å²) < 4.78 is 0. The van der Waals surface area contributed by atoms with Crippen molar-refractivity contribution in [2.45, 2.75) is 109 Å². The highest BCUT2D eigenvalue weighted by Crippen LogP contribution is 2.31. The summed E-state index contributed by atoms with van der Waals surface area (Å²) in [6.45, 7) is 2.25. The van der Waals surface area contributed by atoms with Crippen molar-refractivity contribution >= 4 is 40.6 Å². The van der Waals surface area contributed by atoms with Crippen LogP contribution in [0.2, 0.25) is 15.7 Å². The van der Waals surface area contributed by atoms with Crippen LogP contribution in [0, 0.1) is 0 Å². The second-order valence-corrected chi connectivity index (χ2v) is 11.1. The van der Waals surface area contributed by atoms with E-state index in [2.05, 4.69) is 24.8 Å². The highest BCUT2D eigenvalue weighted by Gasteiger charge is 2.23. The van der Waals surface area contributed by atoms with E-state index in [1.807, 2.05) is 0 Å². The Hall–Kier alpha value is -1.17. The maximum Gasteiger partial charge on any atom is 0.224 e. The van der Waals surface area contributed by atoms with Gasteiger partial charge in [-0.1, -0.05) is 69.4 Å². The molecule has 0 radical (unpaired) electrons. The molecule has 1 saturated heterocycles. The molecule has 3 heterocycles. The van der Waals surface area contributed by atoms with Crippen LogP contribution in [0.15, 0.2) is 0 Å². The molecule has 1 saturated carbocycles. The van der Waals surface area contributed by atoms with E-state index in [1.165, 1.54) is 88.3 Å². The first-order valence-corrected chi connectivity index (χ1v) is 14.8. The molecule has 4 aliphatic rings. The van der Waals surface area contributed by atoms with Gasteiger partial charge in [0.2, 0.25) is 10.6 Å². The molecule has 0 bridgehead atoms. The molecule has 2 aromatic rings. The van der Waals surface area contributed by atoms with Gasteiger partial charge in [0.05, 0.1) is 11.4 Å². The third-order valence-corrected chi connectivity index (χ3v) is 8.05. The minimum absolute atomic E-state index is 0.260. The number of anilines is 1. The largest absolute Gasteiger partial charge is 0.356 e. The lowest BCUT2D eigenvalue weighted by molar-refractivity contribution is 0.702. The molecular formula is C27H38Cl3N5. The fourth-order valence-corrected chi connectivity index (χ4v) is 6.22. The van der Waals surface area contributed by atoms with Crippen LogP contribution in [0.1, 0.15) is 106 Å². The van der Waals surface area contributed by atoms with Gasteiger partial charge in [-0.3, -0.25) is 0 Å². The second-order valence-electron chi connectivity index (χ2n) is 10.0. The highest BCUT2D eigenvalue weighted by molar-refractivity contribution is 6.32. The summed E-state index contributed by atoms with van der Waals surface area (Å²) in [6.07, 6.45) is 22.2. The van der Waals surface area contributed by atoms with Crippen LogP contribution in [0.3, 0.4) is 0 Å². The number of halogens is 3. The number of hydrogen-bond donors (Lipinski definition) is 0. The summed E-state index contributed by atoms with van der Waals surface area (Å²) in [4.78, 5) is 19.2. The molecule has 0 atom stereocenters. The van der Waals surface area contributed by atoms with Gasteiger partial charge in [0.15, 0.2) is 0 Å². The molecule has 0 spiro atoms. The number of rotatable bonds is 1. The first kappa shape index (κ1) is 26.9. The van der Waals surface area contributed by atoms with E-state index in [0.717, 1.165) is 62.3 Å². The van der Waals surface area contributed by atoms with Crippen LogP contribution in [-0.2, 0) is 25.7 Å². The average Bonchev–Trinajstić information content (AvgIpc) is 3.29. The van der Waals surface area contributed by atoms with Crippen molar-refractivity contribution in [3.63, 3.8) is 0 Å². The second kappa shape index (κ2) is 13.9. The normalized spacial score (nSPS) is 19.3. The van der Waals surface area contributed by atoms with Crippen molar-refractivity contribution in [3.8, 4) is 0 Å². The van der Waals surface area contributed by atoms with Crippen LogP contribution < -0.4 is 4.90 Å². The third-order valence-electron chi connectivity index (χ3n) is 7.39. The zero-order chi connectivity index (χ0) is 24.5. The molecule has 0 aromatic carbocycles. The fourth-order valence-electron chi connectivity index (χ4n) is 5.52. The minimum Gasteiger partial charge on any atom is -0.356 e. The Labute approximate surface area is 225 Å². The quantitative estimate of drug-likeness (QED) is 0.209. The summed E-state index contributed by atoms with van der Waals surface area (Å²) in [6, 6.07) is 0. The van der Waals surface area contributed by atoms with E-state index in [-0.39, 0.29) is 5.28 Å². The number of aryl methyl sites for hydroxylation is 2. The molecule has 0 unspecified atom stereocenters. The van der Waals surface area contributed by atoms with Crippen LogP contribution in [-0.4, -0.2) is 33.0 Å². The van der Waals surface area contributed by atoms with Crippen molar-refractivity contribution in [2.75, 3.05) is 18.0 Å². The van der Waals surface area contributed by atoms with E-state index >= 15 is 0 Å². The number of aromatic nitrogens is 4. The Morgan fingerprint density at radius 1 is 0.457 bits per heavy atom. The first-order chi connectivity index (χ1) is 17.1. The maximum absolute atomic E-state index is 6.04. The van der Waals surface area contributed by atoms with E-state index in [4.69, 9.17) is 34.8 Å².